The van der Waals surface area contributed by atoms with Gasteiger partial charge < -0.3 is 4.74 Å². The SMILES string of the molecule is CC(Sc1nnc(-c2ccccc2F)n1C1CC1)c1ccc(OC(F)F)cc1. The lowest BCUT2D eigenvalue weighted by molar-refractivity contribution is -0.0498. The summed E-state index contributed by atoms with van der Waals surface area (Å²) in [4.78, 5) is 0. The van der Waals surface area contributed by atoms with Crippen LogP contribution in [-0.4, -0.2) is 21.4 Å². The van der Waals surface area contributed by atoms with Gasteiger partial charge in [-0.3, -0.25) is 4.57 Å². The zero-order valence-electron chi connectivity index (χ0n) is 15.1. The largest absolute Gasteiger partial charge is 0.435 e. The van der Waals surface area contributed by atoms with Crippen molar-refractivity contribution < 1.29 is 17.9 Å². The van der Waals surface area contributed by atoms with Crippen LogP contribution in [0.15, 0.2) is 53.7 Å². The van der Waals surface area contributed by atoms with Gasteiger partial charge in [0.15, 0.2) is 11.0 Å². The molecule has 3 aromatic rings. The lowest BCUT2D eigenvalue weighted by atomic mass is 10.2. The molecule has 1 heterocycles. The zero-order valence-corrected chi connectivity index (χ0v) is 15.9. The van der Waals surface area contributed by atoms with E-state index in [9.17, 15) is 13.2 Å². The molecule has 146 valence electrons. The minimum Gasteiger partial charge on any atom is -0.435 e. The van der Waals surface area contributed by atoms with Crippen molar-refractivity contribution >= 4 is 11.8 Å². The van der Waals surface area contributed by atoms with Gasteiger partial charge in [-0.15, -0.1) is 10.2 Å². The van der Waals surface area contributed by atoms with Gasteiger partial charge in [-0.05, 0) is 49.6 Å². The first-order chi connectivity index (χ1) is 13.5. The molecule has 0 spiro atoms. The lowest BCUT2D eigenvalue weighted by Crippen LogP contribution is -2.03. The summed E-state index contributed by atoms with van der Waals surface area (Å²) >= 11 is 1.51. The summed E-state index contributed by atoms with van der Waals surface area (Å²) in [6, 6.07) is 13.4. The minimum atomic E-state index is -2.84. The molecule has 0 radical (unpaired) electrons. The first-order valence-electron chi connectivity index (χ1n) is 8.94. The molecule has 0 aliphatic heterocycles. The van der Waals surface area contributed by atoms with E-state index in [2.05, 4.69) is 14.9 Å². The second-order valence-electron chi connectivity index (χ2n) is 6.59. The first-order valence-corrected chi connectivity index (χ1v) is 9.82. The smallest absolute Gasteiger partial charge is 0.387 e. The lowest BCUT2D eigenvalue weighted by Gasteiger charge is -2.14. The third-order valence-electron chi connectivity index (χ3n) is 4.55. The third kappa shape index (κ3) is 4.01. The Morgan fingerprint density at radius 2 is 1.79 bits per heavy atom. The quantitative estimate of drug-likeness (QED) is 0.461. The highest BCUT2D eigenvalue weighted by molar-refractivity contribution is 7.99. The average molecular weight is 405 g/mol. The van der Waals surface area contributed by atoms with Crippen LogP contribution >= 0.6 is 11.8 Å². The topological polar surface area (TPSA) is 39.9 Å². The number of thioether (sulfide) groups is 1. The second-order valence-corrected chi connectivity index (χ2v) is 7.90. The van der Waals surface area contributed by atoms with Crippen molar-refractivity contribution in [1.29, 1.82) is 0 Å². The Labute approximate surface area is 164 Å². The van der Waals surface area contributed by atoms with Crippen LogP contribution < -0.4 is 4.74 Å². The predicted octanol–water partition coefficient (Wildman–Crippen LogP) is 5.87. The molecule has 4 rings (SSSR count). The van der Waals surface area contributed by atoms with E-state index < -0.39 is 6.61 Å². The fourth-order valence-electron chi connectivity index (χ4n) is 2.99. The Kier molecular flexibility index (Phi) is 5.30. The molecule has 8 heteroatoms. The number of halogens is 3. The first kappa shape index (κ1) is 18.9. The summed E-state index contributed by atoms with van der Waals surface area (Å²) in [6.07, 6.45) is 2.03. The summed E-state index contributed by atoms with van der Waals surface area (Å²) < 4.78 is 45.2. The maximum atomic E-state index is 14.3. The van der Waals surface area contributed by atoms with Crippen LogP contribution in [0, 0.1) is 5.82 Å². The molecule has 1 aliphatic carbocycles. The van der Waals surface area contributed by atoms with E-state index >= 15 is 0 Å². The molecule has 1 saturated carbocycles. The van der Waals surface area contributed by atoms with E-state index in [0.717, 1.165) is 23.6 Å². The van der Waals surface area contributed by atoms with Gasteiger partial charge in [0.25, 0.3) is 0 Å². The molecular formula is C20H18F3N3OS. The Bertz CT molecular complexity index is 958. The molecule has 4 nitrogen and oxygen atoms in total. The van der Waals surface area contributed by atoms with Crippen molar-refractivity contribution in [2.24, 2.45) is 0 Å². The molecule has 0 bridgehead atoms. The van der Waals surface area contributed by atoms with Gasteiger partial charge in [0.05, 0.1) is 5.56 Å². The third-order valence-corrected chi connectivity index (χ3v) is 5.66. The summed E-state index contributed by atoms with van der Waals surface area (Å²) in [5, 5.41) is 9.29. The Morgan fingerprint density at radius 1 is 1.07 bits per heavy atom. The summed E-state index contributed by atoms with van der Waals surface area (Å²) in [5.74, 6) is 0.339. The van der Waals surface area contributed by atoms with Crippen molar-refractivity contribution in [3.63, 3.8) is 0 Å². The standard InChI is InChI=1S/C20H18F3N3OS/c1-12(13-6-10-15(11-7-13)27-19(22)23)28-20-25-24-18(26(20)14-8-9-14)16-4-2-3-5-17(16)21/h2-7,10-12,14,19H,8-9H2,1H3. The van der Waals surface area contributed by atoms with Crippen LogP contribution in [-0.2, 0) is 0 Å². The number of benzene rings is 2. The van der Waals surface area contributed by atoms with E-state index in [1.807, 2.05) is 11.5 Å². The van der Waals surface area contributed by atoms with Gasteiger partial charge in [-0.25, -0.2) is 4.39 Å². The molecule has 1 atom stereocenters. The van der Waals surface area contributed by atoms with Crippen LogP contribution in [0.3, 0.4) is 0 Å². The normalized spacial score (nSPS) is 15.0. The maximum absolute atomic E-state index is 14.3. The maximum Gasteiger partial charge on any atom is 0.387 e. The zero-order chi connectivity index (χ0) is 19.7. The van der Waals surface area contributed by atoms with E-state index in [1.54, 1.807) is 30.3 Å². The second kappa shape index (κ2) is 7.87. The molecular weight excluding hydrogens is 387 g/mol. The molecule has 0 amide bonds. The number of rotatable bonds is 7. The number of hydrogen-bond donors (Lipinski definition) is 0. The van der Waals surface area contributed by atoms with Crippen molar-refractivity contribution in [2.45, 2.75) is 42.8 Å². The Morgan fingerprint density at radius 3 is 2.43 bits per heavy atom. The number of alkyl halides is 2. The van der Waals surface area contributed by atoms with E-state index in [4.69, 9.17) is 0 Å². The highest BCUT2D eigenvalue weighted by Gasteiger charge is 2.31. The van der Waals surface area contributed by atoms with E-state index in [1.165, 1.54) is 30.0 Å². The van der Waals surface area contributed by atoms with Gasteiger partial charge in [0.2, 0.25) is 0 Å². The fourth-order valence-corrected chi connectivity index (χ4v) is 4.04. The van der Waals surface area contributed by atoms with Crippen LogP contribution in [0.2, 0.25) is 0 Å². The van der Waals surface area contributed by atoms with Crippen LogP contribution in [0.5, 0.6) is 5.75 Å². The number of ether oxygens (including phenoxy) is 1. The number of nitrogens with zero attached hydrogens (tertiary/aromatic N) is 3. The number of hydrogen-bond acceptors (Lipinski definition) is 4. The van der Waals surface area contributed by atoms with Gasteiger partial charge in [-0.1, -0.05) is 36.0 Å². The van der Waals surface area contributed by atoms with Crippen molar-refractivity contribution in [1.82, 2.24) is 14.8 Å². The summed E-state index contributed by atoms with van der Waals surface area (Å²) in [7, 11) is 0. The van der Waals surface area contributed by atoms with E-state index in [0.29, 0.717) is 11.4 Å². The van der Waals surface area contributed by atoms with Gasteiger partial charge in [0.1, 0.15) is 11.6 Å². The molecule has 0 saturated heterocycles. The van der Waals surface area contributed by atoms with Crippen molar-refractivity contribution in [2.75, 3.05) is 0 Å². The number of aromatic nitrogens is 3. The Hall–Kier alpha value is -2.48. The van der Waals surface area contributed by atoms with Crippen molar-refractivity contribution in [3.05, 3.63) is 59.9 Å². The average Bonchev–Trinajstić information content (AvgIpc) is 3.43. The molecule has 1 aromatic heterocycles. The minimum absolute atomic E-state index is 0.00997. The monoisotopic (exact) mass is 405 g/mol. The highest BCUT2D eigenvalue weighted by Crippen LogP contribution is 2.44. The van der Waals surface area contributed by atoms with E-state index in [-0.39, 0.29) is 22.9 Å². The van der Waals surface area contributed by atoms with Crippen LogP contribution in [0.25, 0.3) is 11.4 Å². The Balaban J connectivity index is 1.57. The fraction of sp³-hybridized carbons (Fsp3) is 0.300. The molecule has 2 aromatic carbocycles. The van der Waals surface area contributed by atoms with Crippen molar-refractivity contribution in [3.8, 4) is 17.1 Å². The van der Waals surface area contributed by atoms with Crippen LogP contribution in [0.1, 0.15) is 36.6 Å². The summed E-state index contributed by atoms with van der Waals surface area (Å²) in [5.41, 5.74) is 1.39. The van der Waals surface area contributed by atoms with Crippen LogP contribution in [0.4, 0.5) is 13.2 Å². The summed E-state index contributed by atoms with van der Waals surface area (Å²) in [6.45, 7) is -0.839. The van der Waals surface area contributed by atoms with Gasteiger partial charge in [-0.2, -0.15) is 8.78 Å². The van der Waals surface area contributed by atoms with Gasteiger partial charge in [0, 0.05) is 11.3 Å². The molecule has 1 aliphatic rings. The molecule has 28 heavy (non-hydrogen) atoms. The highest BCUT2D eigenvalue weighted by atomic mass is 32.2. The molecule has 1 fully saturated rings. The van der Waals surface area contributed by atoms with Gasteiger partial charge >= 0.3 is 6.61 Å². The molecule has 0 N–H and O–H groups in total. The predicted molar refractivity (Wildman–Crippen MR) is 101 cm³/mol. The molecule has 1 unspecified atom stereocenters.